The number of fused-ring (bicyclic) bond motifs is 1. The zero-order valence-corrected chi connectivity index (χ0v) is 10.2. The molecule has 1 aromatic carbocycles. The van der Waals surface area contributed by atoms with Gasteiger partial charge in [-0.05, 0) is 41.0 Å². The molecule has 4 nitrogen and oxygen atoms in total. The number of ketones is 1. The van der Waals surface area contributed by atoms with E-state index in [4.69, 9.17) is 5.73 Å². The molecule has 0 radical (unpaired) electrons. The largest absolute Gasteiger partial charge is 0.330 e. The highest BCUT2D eigenvalue weighted by Gasteiger charge is 2.36. The molecular weight excluding hydrogens is 272 g/mol. The molecule has 1 aromatic rings. The maximum Gasteiger partial charge on any atom is 0.299 e. The lowest BCUT2D eigenvalue weighted by molar-refractivity contribution is -0.114. The van der Waals surface area contributed by atoms with Crippen molar-refractivity contribution in [2.45, 2.75) is 6.42 Å². The van der Waals surface area contributed by atoms with Crippen molar-refractivity contribution in [2.24, 2.45) is 5.73 Å². The molecule has 16 heavy (non-hydrogen) atoms. The molecule has 0 atom stereocenters. The number of benzene rings is 1. The van der Waals surface area contributed by atoms with E-state index in [1.165, 1.54) is 4.90 Å². The molecular formula is C11H11BrN2O2. The summed E-state index contributed by atoms with van der Waals surface area (Å²) in [6, 6.07) is 5.24. The Balaban J connectivity index is 2.43. The molecule has 2 rings (SSSR count). The van der Waals surface area contributed by atoms with Crippen molar-refractivity contribution in [2.75, 3.05) is 18.0 Å². The molecule has 0 aromatic heterocycles. The Kier molecular flexibility index (Phi) is 3.07. The van der Waals surface area contributed by atoms with Crippen molar-refractivity contribution in [1.82, 2.24) is 0 Å². The number of carbonyl (C=O) groups is 2. The summed E-state index contributed by atoms with van der Waals surface area (Å²) in [5.74, 6) is -0.899. The zero-order chi connectivity index (χ0) is 11.7. The van der Waals surface area contributed by atoms with Crippen molar-refractivity contribution in [1.29, 1.82) is 0 Å². The summed E-state index contributed by atoms with van der Waals surface area (Å²) in [6.45, 7) is 0.981. The Morgan fingerprint density at radius 2 is 2.06 bits per heavy atom. The van der Waals surface area contributed by atoms with Gasteiger partial charge in [0.25, 0.3) is 11.7 Å². The van der Waals surface area contributed by atoms with Gasteiger partial charge in [0.15, 0.2) is 0 Å². The Morgan fingerprint density at radius 3 is 2.75 bits per heavy atom. The van der Waals surface area contributed by atoms with Gasteiger partial charge in [-0.25, -0.2) is 0 Å². The van der Waals surface area contributed by atoms with E-state index in [1.807, 2.05) is 6.07 Å². The number of hydrogen-bond donors (Lipinski definition) is 1. The number of Topliss-reactive ketones (excluding diaryl/α,β-unsaturated/α-hetero) is 1. The molecule has 0 saturated heterocycles. The second kappa shape index (κ2) is 4.35. The molecule has 1 aliphatic heterocycles. The molecule has 0 aliphatic carbocycles. The number of nitrogens with two attached hydrogens (primary N) is 1. The summed E-state index contributed by atoms with van der Waals surface area (Å²) in [7, 11) is 0. The van der Waals surface area contributed by atoms with Gasteiger partial charge in [0.1, 0.15) is 0 Å². The van der Waals surface area contributed by atoms with Crippen LogP contribution in [0.15, 0.2) is 22.7 Å². The Labute approximate surface area is 102 Å². The van der Waals surface area contributed by atoms with Crippen LogP contribution in [-0.2, 0) is 4.79 Å². The van der Waals surface area contributed by atoms with Crippen LogP contribution in [0.25, 0.3) is 0 Å². The molecule has 0 unspecified atom stereocenters. The van der Waals surface area contributed by atoms with E-state index in [9.17, 15) is 9.59 Å². The van der Waals surface area contributed by atoms with Crippen molar-refractivity contribution >= 4 is 33.3 Å². The monoisotopic (exact) mass is 282 g/mol. The minimum atomic E-state index is -0.463. The third-order valence-electron chi connectivity index (χ3n) is 2.53. The molecule has 2 N–H and O–H groups in total. The quantitative estimate of drug-likeness (QED) is 0.851. The second-order valence-electron chi connectivity index (χ2n) is 3.56. The number of rotatable bonds is 3. The zero-order valence-electron chi connectivity index (χ0n) is 8.57. The van der Waals surface area contributed by atoms with Crippen molar-refractivity contribution in [3.05, 3.63) is 28.2 Å². The van der Waals surface area contributed by atoms with Crippen LogP contribution >= 0.6 is 15.9 Å². The number of carbonyl (C=O) groups excluding carboxylic acids is 2. The summed E-state index contributed by atoms with van der Waals surface area (Å²) in [5.41, 5.74) is 6.55. The van der Waals surface area contributed by atoms with Gasteiger partial charge in [-0.2, -0.15) is 0 Å². The van der Waals surface area contributed by atoms with Crippen LogP contribution in [0.4, 0.5) is 5.69 Å². The molecule has 1 heterocycles. The van der Waals surface area contributed by atoms with Gasteiger partial charge in [-0.15, -0.1) is 0 Å². The summed E-state index contributed by atoms with van der Waals surface area (Å²) >= 11 is 3.36. The number of anilines is 1. The maximum atomic E-state index is 11.7. The first kappa shape index (κ1) is 11.3. The van der Waals surface area contributed by atoms with Gasteiger partial charge in [0.2, 0.25) is 0 Å². The van der Waals surface area contributed by atoms with E-state index in [-0.39, 0.29) is 0 Å². The molecule has 1 aliphatic rings. The summed E-state index contributed by atoms with van der Waals surface area (Å²) in [6.07, 6.45) is 0.680. The fourth-order valence-electron chi connectivity index (χ4n) is 1.77. The van der Waals surface area contributed by atoms with E-state index in [0.29, 0.717) is 30.8 Å². The van der Waals surface area contributed by atoms with Crippen LogP contribution in [-0.4, -0.2) is 24.8 Å². The van der Waals surface area contributed by atoms with Crippen molar-refractivity contribution in [3.63, 3.8) is 0 Å². The van der Waals surface area contributed by atoms with E-state index in [2.05, 4.69) is 15.9 Å². The van der Waals surface area contributed by atoms with E-state index < -0.39 is 11.7 Å². The summed E-state index contributed by atoms with van der Waals surface area (Å²) < 4.78 is 0.765. The fraction of sp³-hybridized carbons (Fsp3) is 0.273. The number of hydrogen-bond acceptors (Lipinski definition) is 3. The van der Waals surface area contributed by atoms with E-state index in [1.54, 1.807) is 12.1 Å². The molecule has 0 spiro atoms. The lowest BCUT2D eigenvalue weighted by Crippen LogP contribution is -2.31. The first-order valence-electron chi connectivity index (χ1n) is 5.01. The average molecular weight is 283 g/mol. The second-order valence-corrected chi connectivity index (χ2v) is 4.42. The van der Waals surface area contributed by atoms with Gasteiger partial charge < -0.3 is 10.6 Å². The standard InChI is InChI=1S/C11H11BrN2O2/c12-8-4-1-3-7-9(8)14(6-2-5-13)11(16)10(7)15/h1,3-4H,2,5-6,13H2. The SMILES string of the molecule is NCCCN1C(=O)C(=O)c2cccc(Br)c21. The highest BCUT2D eigenvalue weighted by atomic mass is 79.9. The maximum absolute atomic E-state index is 11.7. The van der Waals surface area contributed by atoms with Gasteiger partial charge >= 0.3 is 0 Å². The van der Waals surface area contributed by atoms with Crippen LogP contribution in [0.2, 0.25) is 0 Å². The van der Waals surface area contributed by atoms with E-state index >= 15 is 0 Å². The topological polar surface area (TPSA) is 63.4 Å². The lowest BCUT2D eigenvalue weighted by atomic mass is 10.1. The highest BCUT2D eigenvalue weighted by Crippen LogP contribution is 2.35. The predicted octanol–water partition coefficient (Wildman–Crippen LogP) is 1.33. The number of nitrogens with zero attached hydrogens (tertiary/aromatic N) is 1. The van der Waals surface area contributed by atoms with Crippen molar-refractivity contribution in [3.8, 4) is 0 Å². The third kappa shape index (κ3) is 1.66. The fourth-order valence-corrected chi connectivity index (χ4v) is 2.36. The first-order chi connectivity index (χ1) is 7.66. The number of para-hydroxylation sites is 1. The Morgan fingerprint density at radius 1 is 1.31 bits per heavy atom. The molecule has 0 bridgehead atoms. The molecule has 84 valence electrons. The molecule has 1 amide bonds. The minimum absolute atomic E-state index is 0.437. The molecule has 0 fully saturated rings. The lowest BCUT2D eigenvalue weighted by Gasteiger charge is -2.16. The normalized spacial score (nSPS) is 14.5. The highest BCUT2D eigenvalue weighted by molar-refractivity contribution is 9.10. The predicted molar refractivity (Wildman–Crippen MR) is 64.5 cm³/mol. The first-order valence-corrected chi connectivity index (χ1v) is 5.81. The van der Waals surface area contributed by atoms with Crippen LogP contribution in [0.5, 0.6) is 0 Å². The molecule has 5 heteroatoms. The van der Waals surface area contributed by atoms with Gasteiger partial charge in [-0.1, -0.05) is 6.07 Å². The van der Waals surface area contributed by atoms with Crippen LogP contribution in [0.3, 0.4) is 0 Å². The van der Waals surface area contributed by atoms with Crippen LogP contribution in [0.1, 0.15) is 16.8 Å². The molecule has 0 saturated carbocycles. The smallest absolute Gasteiger partial charge is 0.299 e. The van der Waals surface area contributed by atoms with Gasteiger partial charge in [0.05, 0.1) is 11.3 Å². The average Bonchev–Trinajstić information content (AvgIpc) is 2.52. The third-order valence-corrected chi connectivity index (χ3v) is 3.17. The Hall–Kier alpha value is -1.20. The van der Waals surface area contributed by atoms with Crippen LogP contribution < -0.4 is 10.6 Å². The number of halogens is 1. The number of amides is 1. The summed E-state index contributed by atoms with van der Waals surface area (Å²) in [5, 5.41) is 0. The Bertz CT molecular complexity index is 459. The van der Waals surface area contributed by atoms with E-state index in [0.717, 1.165) is 4.47 Å². The van der Waals surface area contributed by atoms with Crippen molar-refractivity contribution < 1.29 is 9.59 Å². The van der Waals surface area contributed by atoms with Crippen LogP contribution in [0, 0.1) is 0 Å². The minimum Gasteiger partial charge on any atom is -0.330 e. The van der Waals surface area contributed by atoms with Gasteiger partial charge in [0, 0.05) is 11.0 Å². The van der Waals surface area contributed by atoms with Gasteiger partial charge in [-0.3, -0.25) is 9.59 Å². The summed E-state index contributed by atoms with van der Waals surface area (Å²) in [4.78, 5) is 24.9.